The van der Waals surface area contributed by atoms with Gasteiger partial charge in [-0.2, -0.15) is 0 Å². The highest BCUT2D eigenvalue weighted by Crippen LogP contribution is 1.94. The molecule has 0 amide bonds. The van der Waals surface area contributed by atoms with Crippen LogP contribution in [0.15, 0.2) is 17.2 Å². The molecule has 0 saturated carbocycles. The van der Waals surface area contributed by atoms with E-state index in [1.54, 1.807) is 4.57 Å². The molecule has 0 saturated heterocycles. The van der Waals surface area contributed by atoms with Crippen molar-refractivity contribution in [1.29, 1.82) is 0 Å². The molecule has 1 aromatic rings. The van der Waals surface area contributed by atoms with Gasteiger partial charge in [0.25, 0.3) is 0 Å². The third-order valence-electron chi connectivity index (χ3n) is 2.81. The molecular formula is C13H25N3O. The second-order valence-electron chi connectivity index (χ2n) is 4.42. The third kappa shape index (κ3) is 4.77. The Morgan fingerprint density at radius 1 is 1.00 bits per heavy atom. The van der Waals surface area contributed by atoms with Crippen molar-refractivity contribution in [3.8, 4) is 0 Å². The standard InChI is InChI=1S/C13H25N3O/c1-3-7-14-8-5-6-10-16-12-11-15(9-4-2)13(16)17/h11-12,14H,3-10H2,1-2H3. The van der Waals surface area contributed by atoms with Gasteiger partial charge in [0.1, 0.15) is 0 Å². The third-order valence-corrected chi connectivity index (χ3v) is 2.81. The van der Waals surface area contributed by atoms with Gasteiger partial charge in [0, 0.05) is 25.5 Å². The zero-order chi connectivity index (χ0) is 12.5. The molecule has 0 unspecified atom stereocenters. The minimum atomic E-state index is 0.133. The number of aromatic nitrogens is 2. The molecule has 4 heteroatoms. The number of hydrogen-bond donors (Lipinski definition) is 1. The van der Waals surface area contributed by atoms with Crippen LogP contribution >= 0.6 is 0 Å². The first-order valence-electron chi connectivity index (χ1n) is 6.75. The van der Waals surface area contributed by atoms with Crippen LogP contribution in [0.2, 0.25) is 0 Å². The summed E-state index contributed by atoms with van der Waals surface area (Å²) in [7, 11) is 0. The molecule has 0 spiro atoms. The minimum absolute atomic E-state index is 0.133. The lowest BCUT2D eigenvalue weighted by molar-refractivity contribution is 0.544. The summed E-state index contributed by atoms with van der Waals surface area (Å²) >= 11 is 0. The SMILES string of the molecule is CCCNCCCCn1ccn(CCC)c1=O. The normalized spacial score (nSPS) is 10.9. The Balaban J connectivity index is 2.25. The van der Waals surface area contributed by atoms with E-state index in [0.29, 0.717) is 0 Å². The maximum atomic E-state index is 11.8. The summed E-state index contributed by atoms with van der Waals surface area (Å²) in [4.78, 5) is 11.8. The Kier molecular flexibility index (Phi) is 6.70. The topological polar surface area (TPSA) is 39.0 Å². The van der Waals surface area contributed by atoms with Gasteiger partial charge < -0.3 is 5.32 Å². The van der Waals surface area contributed by atoms with Gasteiger partial charge in [-0.25, -0.2) is 4.79 Å². The summed E-state index contributed by atoms with van der Waals surface area (Å²) in [6.07, 6.45) is 8.17. The minimum Gasteiger partial charge on any atom is -0.317 e. The van der Waals surface area contributed by atoms with Crippen molar-refractivity contribution in [3.05, 3.63) is 22.9 Å². The van der Waals surface area contributed by atoms with Gasteiger partial charge in [-0.15, -0.1) is 0 Å². The summed E-state index contributed by atoms with van der Waals surface area (Å²) < 4.78 is 3.60. The molecule has 0 atom stereocenters. The van der Waals surface area contributed by atoms with E-state index in [9.17, 15) is 4.79 Å². The molecule has 0 bridgehead atoms. The highest BCUT2D eigenvalue weighted by molar-refractivity contribution is 4.81. The molecule has 0 aromatic carbocycles. The number of nitrogens with one attached hydrogen (secondary N) is 1. The Hall–Kier alpha value is -1.03. The molecule has 1 aromatic heterocycles. The van der Waals surface area contributed by atoms with E-state index in [-0.39, 0.29) is 5.69 Å². The van der Waals surface area contributed by atoms with Crippen LogP contribution in [0.5, 0.6) is 0 Å². The van der Waals surface area contributed by atoms with E-state index in [1.165, 1.54) is 6.42 Å². The second-order valence-corrected chi connectivity index (χ2v) is 4.42. The molecule has 0 radical (unpaired) electrons. The lowest BCUT2D eigenvalue weighted by atomic mass is 10.3. The fraction of sp³-hybridized carbons (Fsp3) is 0.769. The highest BCUT2D eigenvalue weighted by atomic mass is 16.1. The van der Waals surface area contributed by atoms with Crippen LogP contribution in [-0.4, -0.2) is 22.2 Å². The predicted octanol–water partition coefficient (Wildman–Crippen LogP) is 1.84. The lowest BCUT2D eigenvalue weighted by Gasteiger charge is -2.03. The Morgan fingerprint density at radius 3 is 2.35 bits per heavy atom. The molecule has 0 fully saturated rings. The molecule has 1 N–H and O–H groups in total. The van der Waals surface area contributed by atoms with Crippen LogP contribution in [0.3, 0.4) is 0 Å². The quantitative estimate of drug-likeness (QED) is 0.668. The Morgan fingerprint density at radius 2 is 1.71 bits per heavy atom. The number of imidazole rings is 1. The number of hydrogen-bond acceptors (Lipinski definition) is 2. The monoisotopic (exact) mass is 239 g/mol. The lowest BCUT2D eigenvalue weighted by Crippen LogP contribution is -2.24. The fourth-order valence-corrected chi connectivity index (χ4v) is 1.87. The van der Waals surface area contributed by atoms with E-state index < -0.39 is 0 Å². The van der Waals surface area contributed by atoms with Crippen molar-refractivity contribution in [2.75, 3.05) is 13.1 Å². The van der Waals surface area contributed by atoms with Gasteiger partial charge in [0.2, 0.25) is 0 Å². The van der Waals surface area contributed by atoms with E-state index in [1.807, 2.05) is 17.0 Å². The molecule has 0 aliphatic heterocycles. The van der Waals surface area contributed by atoms with Gasteiger partial charge in [-0.3, -0.25) is 9.13 Å². The molecule has 98 valence electrons. The first-order valence-corrected chi connectivity index (χ1v) is 6.75. The van der Waals surface area contributed by atoms with E-state index in [2.05, 4.69) is 19.2 Å². The number of unbranched alkanes of at least 4 members (excludes halogenated alkanes) is 1. The number of aryl methyl sites for hydroxylation is 2. The van der Waals surface area contributed by atoms with Gasteiger partial charge in [0.15, 0.2) is 0 Å². The maximum Gasteiger partial charge on any atom is 0.328 e. The van der Waals surface area contributed by atoms with E-state index in [4.69, 9.17) is 0 Å². The molecular weight excluding hydrogens is 214 g/mol. The molecule has 17 heavy (non-hydrogen) atoms. The Labute approximate surface area is 104 Å². The van der Waals surface area contributed by atoms with Gasteiger partial charge in [-0.05, 0) is 38.8 Å². The van der Waals surface area contributed by atoms with Crippen molar-refractivity contribution in [1.82, 2.24) is 14.5 Å². The van der Waals surface area contributed by atoms with Crippen molar-refractivity contribution < 1.29 is 0 Å². The van der Waals surface area contributed by atoms with Crippen molar-refractivity contribution in [3.63, 3.8) is 0 Å². The smallest absolute Gasteiger partial charge is 0.317 e. The zero-order valence-electron chi connectivity index (χ0n) is 11.1. The number of nitrogens with zero attached hydrogens (tertiary/aromatic N) is 2. The first-order chi connectivity index (χ1) is 8.29. The summed E-state index contributed by atoms with van der Waals surface area (Å²) in [5.41, 5.74) is 0.133. The van der Waals surface area contributed by atoms with E-state index in [0.717, 1.165) is 45.4 Å². The predicted molar refractivity (Wildman–Crippen MR) is 71.4 cm³/mol. The van der Waals surface area contributed by atoms with Crippen LogP contribution in [0.4, 0.5) is 0 Å². The van der Waals surface area contributed by atoms with Gasteiger partial charge >= 0.3 is 5.69 Å². The number of rotatable bonds is 9. The van der Waals surface area contributed by atoms with Crippen LogP contribution in [0, 0.1) is 0 Å². The first kappa shape index (κ1) is 14.0. The van der Waals surface area contributed by atoms with Crippen LogP contribution in [0.25, 0.3) is 0 Å². The van der Waals surface area contributed by atoms with Crippen molar-refractivity contribution in [2.24, 2.45) is 0 Å². The average molecular weight is 239 g/mol. The molecule has 1 heterocycles. The van der Waals surface area contributed by atoms with Crippen molar-refractivity contribution >= 4 is 0 Å². The molecule has 0 aliphatic rings. The largest absolute Gasteiger partial charge is 0.328 e. The van der Waals surface area contributed by atoms with Crippen LogP contribution < -0.4 is 11.0 Å². The zero-order valence-corrected chi connectivity index (χ0v) is 11.1. The summed E-state index contributed by atoms with van der Waals surface area (Å²) in [5.74, 6) is 0. The molecule has 1 rings (SSSR count). The van der Waals surface area contributed by atoms with Crippen molar-refractivity contribution in [2.45, 2.75) is 52.6 Å². The van der Waals surface area contributed by atoms with Crippen LogP contribution in [0.1, 0.15) is 39.5 Å². The van der Waals surface area contributed by atoms with Gasteiger partial charge in [0.05, 0.1) is 0 Å². The summed E-state index contributed by atoms with van der Waals surface area (Å²) in [6, 6.07) is 0. The van der Waals surface area contributed by atoms with Gasteiger partial charge in [-0.1, -0.05) is 13.8 Å². The molecule has 4 nitrogen and oxygen atoms in total. The average Bonchev–Trinajstić information content (AvgIpc) is 2.67. The Bertz CT molecular complexity index is 354. The fourth-order valence-electron chi connectivity index (χ4n) is 1.87. The summed E-state index contributed by atoms with van der Waals surface area (Å²) in [6.45, 7) is 8.06. The van der Waals surface area contributed by atoms with E-state index >= 15 is 0 Å². The molecule has 0 aliphatic carbocycles. The highest BCUT2D eigenvalue weighted by Gasteiger charge is 2.01. The maximum absolute atomic E-state index is 11.8. The second kappa shape index (κ2) is 8.12. The van der Waals surface area contributed by atoms with Crippen LogP contribution in [-0.2, 0) is 13.1 Å². The summed E-state index contributed by atoms with van der Waals surface area (Å²) in [5, 5.41) is 3.37.